The van der Waals surface area contributed by atoms with Crippen molar-refractivity contribution >= 4 is 17.5 Å². The van der Waals surface area contributed by atoms with E-state index in [9.17, 15) is 18.0 Å². The summed E-state index contributed by atoms with van der Waals surface area (Å²) in [6.07, 6.45) is 4.12. The Morgan fingerprint density at radius 1 is 1.29 bits per heavy atom. The Morgan fingerprint density at radius 2 is 2.00 bits per heavy atom. The van der Waals surface area contributed by atoms with Gasteiger partial charge in [0, 0.05) is 35.4 Å². The van der Waals surface area contributed by atoms with Crippen molar-refractivity contribution in [1.82, 2.24) is 5.32 Å². The average Bonchev–Trinajstić information content (AvgIpc) is 2.73. The molecule has 8 heteroatoms. The molecule has 174 valence electrons. The number of hydrogen-bond acceptors (Lipinski definition) is 5. The van der Waals surface area contributed by atoms with E-state index in [2.05, 4.69) is 12.2 Å². The zero-order chi connectivity index (χ0) is 22.6. The second-order valence-electron chi connectivity index (χ2n) is 8.88. The van der Waals surface area contributed by atoms with Crippen molar-refractivity contribution in [2.24, 2.45) is 5.92 Å². The maximum atomic E-state index is 13.3. The van der Waals surface area contributed by atoms with Gasteiger partial charge in [-0.1, -0.05) is 19.3 Å². The number of alkyl halides is 3. The minimum atomic E-state index is -4.50. The largest absolute Gasteiger partial charge is 0.496 e. The quantitative estimate of drug-likeness (QED) is 0.417. The lowest BCUT2D eigenvalue weighted by molar-refractivity contribution is -0.137. The highest BCUT2D eigenvalue weighted by molar-refractivity contribution is 7.98. The summed E-state index contributed by atoms with van der Waals surface area (Å²) >= 11 is 1.13. The zero-order valence-corrected chi connectivity index (χ0v) is 19.3. The summed E-state index contributed by atoms with van der Waals surface area (Å²) in [4.78, 5) is 13.6. The maximum absolute atomic E-state index is 13.3. The van der Waals surface area contributed by atoms with E-state index in [-0.39, 0.29) is 45.9 Å². The molecule has 0 radical (unpaired) electrons. The van der Waals surface area contributed by atoms with E-state index < -0.39 is 11.7 Å². The lowest BCUT2D eigenvalue weighted by Gasteiger charge is -2.42. The van der Waals surface area contributed by atoms with Crippen molar-refractivity contribution in [2.75, 3.05) is 26.6 Å². The van der Waals surface area contributed by atoms with Crippen LogP contribution in [0.5, 0.6) is 5.75 Å². The average molecular weight is 460 g/mol. The Bertz CT molecular complexity index is 753. The molecule has 0 unspecified atom stereocenters. The van der Waals surface area contributed by atoms with E-state index in [1.807, 2.05) is 0 Å². The Morgan fingerprint density at radius 3 is 2.61 bits per heavy atom. The molecule has 4 nitrogen and oxygen atoms in total. The lowest BCUT2D eigenvalue weighted by atomic mass is 9.80. The van der Waals surface area contributed by atoms with Gasteiger partial charge in [-0.05, 0) is 44.6 Å². The van der Waals surface area contributed by atoms with E-state index >= 15 is 0 Å². The van der Waals surface area contributed by atoms with Crippen LogP contribution in [0, 0.1) is 5.92 Å². The molecule has 2 aliphatic rings. The number of thioether (sulfide) groups is 1. The molecule has 1 saturated carbocycles. The minimum absolute atomic E-state index is 0.0235. The number of carbonyl (C=O) groups is 1. The fourth-order valence-electron chi connectivity index (χ4n) is 4.80. The highest BCUT2D eigenvalue weighted by Crippen LogP contribution is 2.39. The second kappa shape index (κ2) is 10.1. The third-order valence-corrected chi connectivity index (χ3v) is 7.29. The number of carbonyl (C=O) groups excluding carboxylic acids is 1. The molecular weight excluding hydrogens is 427 g/mol. The molecular formula is C23H32F3NO3S. The SMILES string of the molecule is COc1cc(C(F)(F)F)cc(SC)c1C(=O)C[C@@H]1COCC[C@H]1NC1(C)CCCCC1. The van der Waals surface area contributed by atoms with Crippen molar-refractivity contribution in [3.05, 3.63) is 23.3 Å². The summed E-state index contributed by atoms with van der Waals surface area (Å²) in [5.41, 5.74) is -0.509. The Balaban J connectivity index is 1.81. The summed E-state index contributed by atoms with van der Waals surface area (Å²) in [5.74, 6) is -0.252. The van der Waals surface area contributed by atoms with E-state index in [0.717, 1.165) is 43.2 Å². The fraction of sp³-hybridized carbons (Fsp3) is 0.696. The smallest absolute Gasteiger partial charge is 0.416 e. The molecule has 1 aromatic rings. The normalized spacial score (nSPS) is 24.1. The molecule has 1 heterocycles. The molecule has 31 heavy (non-hydrogen) atoms. The van der Waals surface area contributed by atoms with Crippen LogP contribution in [0.1, 0.15) is 67.8 Å². The summed E-state index contributed by atoms with van der Waals surface area (Å²) in [7, 11) is 1.30. The Labute approximate surface area is 186 Å². The number of halogens is 3. The summed E-state index contributed by atoms with van der Waals surface area (Å²) in [6.45, 7) is 3.38. The topological polar surface area (TPSA) is 47.6 Å². The zero-order valence-electron chi connectivity index (χ0n) is 18.4. The van der Waals surface area contributed by atoms with Crippen LogP contribution in [0.3, 0.4) is 0 Å². The van der Waals surface area contributed by atoms with Gasteiger partial charge in [0.2, 0.25) is 0 Å². The summed E-state index contributed by atoms with van der Waals surface area (Å²) in [5, 5.41) is 3.81. The summed E-state index contributed by atoms with van der Waals surface area (Å²) in [6, 6.07) is 2.11. The van der Waals surface area contributed by atoms with Gasteiger partial charge in [0.05, 0.1) is 24.8 Å². The van der Waals surface area contributed by atoms with E-state index in [1.165, 1.54) is 26.4 Å². The van der Waals surface area contributed by atoms with E-state index in [1.54, 1.807) is 6.26 Å². The molecule has 0 spiro atoms. The highest BCUT2D eigenvalue weighted by atomic mass is 32.2. The van der Waals surface area contributed by atoms with Gasteiger partial charge in [-0.3, -0.25) is 4.79 Å². The lowest BCUT2D eigenvalue weighted by Crippen LogP contribution is -2.54. The van der Waals surface area contributed by atoms with Crippen molar-refractivity contribution in [3.63, 3.8) is 0 Å². The molecule has 1 aliphatic heterocycles. The molecule has 2 fully saturated rings. The number of nitrogens with one attached hydrogen (secondary N) is 1. The van der Waals surface area contributed by atoms with Gasteiger partial charge < -0.3 is 14.8 Å². The van der Waals surface area contributed by atoms with Gasteiger partial charge >= 0.3 is 6.18 Å². The predicted octanol–water partition coefficient (Wildman–Crippen LogP) is 5.73. The molecule has 2 atom stereocenters. The van der Waals surface area contributed by atoms with Crippen molar-refractivity contribution < 1.29 is 27.4 Å². The van der Waals surface area contributed by atoms with Crippen molar-refractivity contribution in [1.29, 1.82) is 0 Å². The number of benzene rings is 1. The van der Waals surface area contributed by atoms with Crippen LogP contribution < -0.4 is 10.1 Å². The van der Waals surface area contributed by atoms with Gasteiger partial charge in [0.1, 0.15) is 5.75 Å². The maximum Gasteiger partial charge on any atom is 0.416 e. The van der Waals surface area contributed by atoms with Crippen LogP contribution in [-0.2, 0) is 10.9 Å². The van der Waals surface area contributed by atoms with E-state index in [4.69, 9.17) is 9.47 Å². The highest BCUT2D eigenvalue weighted by Gasteiger charge is 2.37. The van der Waals surface area contributed by atoms with Crippen LogP contribution in [0.25, 0.3) is 0 Å². The van der Waals surface area contributed by atoms with Gasteiger partial charge in [-0.15, -0.1) is 11.8 Å². The first-order valence-electron chi connectivity index (χ1n) is 10.9. The predicted molar refractivity (Wildman–Crippen MR) is 116 cm³/mol. The number of Topliss-reactive ketones (excluding diaryl/α,β-unsaturated/α-hetero) is 1. The second-order valence-corrected chi connectivity index (χ2v) is 9.72. The van der Waals surface area contributed by atoms with Crippen molar-refractivity contribution in [3.8, 4) is 5.75 Å². The van der Waals surface area contributed by atoms with Crippen LogP contribution in [-0.4, -0.2) is 43.9 Å². The van der Waals surface area contributed by atoms with E-state index in [0.29, 0.717) is 13.2 Å². The number of ketones is 1. The molecule has 1 N–H and O–H groups in total. The third kappa shape index (κ3) is 5.96. The Hall–Kier alpha value is -1.25. The molecule has 1 saturated heterocycles. The molecule has 0 bridgehead atoms. The van der Waals surface area contributed by atoms with Gasteiger partial charge in [0.25, 0.3) is 0 Å². The van der Waals surface area contributed by atoms with Crippen LogP contribution >= 0.6 is 11.8 Å². The monoisotopic (exact) mass is 459 g/mol. The van der Waals surface area contributed by atoms with Gasteiger partial charge in [-0.25, -0.2) is 0 Å². The third-order valence-electron chi connectivity index (χ3n) is 6.52. The molecule has 0 amide bonds. The molecule has 1 aromatic carbocycles. The first-order chi connectivity index (χ1) is 14.7. The molecule has 3 rings (SSSR count). The first-order valence-corrected chi connectivity index (χ1v) is 12.1. The standard InChI is InChI=1S/C23H32F3NO3S/c1-22(8-5-4-6-9-22)27-17-7-10-30-14-15(17)11-18(28)21-19(29-2)12-16(23(24,25)26)13-20(21)31-3/h12-13,15,17,27H,4-11,14H2,1-3H3/t15-,17-/m1/s1. The fourth-order valence-corrected chi connectivity index (χ4v) is 5.47. The van der Waals surface area contributed by atoms with Gasteiger partial charge in [0.15, 0.2) is 5.78 Å². The number of methoxy groups -OCH3 is 1. The Kier molecular flexibility index (Phi) is 7.97. The number of rotatable bonds is 7. The number of hydrogen-bond donors (Lipinski definition) is 1. The molecule has 0 aromatic heterocycles. The number of ether oxygens (including phenoxy) is 2. The van der Waals surface area contributed by atoms with Gasteiger partial charge in [-0.2, -0.15) is 13.2 Å². The first kappa shape index (κ1) is 24.4. The van der Waals surface area contributed by atoms with Crippen LogP contribution in [0.15, 0.2) is 17.0 Å². The van der Waals surface area contributed by atoms with Crippen LogP contribution in [0.4, 0.5) is 13.2 Å². The minimum Gasteiger partial charge on any atom is -0.496 e. The van der Waals surface area contributed by atoms with Crippen molar-refractivity contribution in [2.45, 2.75) is 74.5 Å². The molecule has 1 aliphatic carbocycles. The summed E-state index contributed by atoms with van der Waals surface area (Å²) < 4.78 is 50.7. The van der Waals surface area contributed by atoms with Crippen LogP contribution in [0.2, 0.25) is 0 Å².